The highest BCUT2D eigenvalue weighted by Crippen LogP contribution is 2.43. The molecule has 2 saturated heterocycles. The number of piperidine rings is 1. The van der Waals surface area contributed by atoms with Crippen LogP contribution in [-0.2, 0) is 16.7 Å². The number of nitrogens with zero attached hydrogens (tertiary/aromatic N) is 2. The summed E-state index contributed by atoms with van der Waals surface area (Å²) in [6.45, 7) is 9.74. The van der Waals surface area contributed by atoms with Gasteiger partial charge >= 0.3 is 5.97 Å². The third-order valence-corrected chi connectivity index (χ3v) is 7.20. The highest BCUT2D eigenvalue weighted by atomic mass is 16.5. The summed E-state index contributed by atoms with van der Waals surface area (Å²) in [6.07, 6.45) is 1.08. The number of fused-ring (bicyclic) bond motifs is 1. The van der Waals surface area contributed by atoms with Gasteiger partial charge in [0.2, 0.25) is 0 Å². The summed E-state index contributed by atoms with van der Waals surface area (Å²) in [4.78, 5) is 17.0. The normalized spacial score (nSPS) is 27.4. The van der Waals surface area contributed by atoms with E-state index in [2.05, 4.69) is 35.8 Å². The first kappa shape index (κ1) is 20.9. The number of aromatic hydroxyl groups is 1. The molecule has 1 N–H and O–H groups in total. The smallest absolute Gasteiger partial charge is 0.337 e. The van der Waals surface area contributed by atoms with E-state index < -0.39 is 0 Å². The van der Waals surface area contributed by atoms with Crippen LogP contribution < -0.4 is 0 Å². The fraction of sp³-hybridized carbons (Fsp3) is 0.480. The van der Waals surface area contributed by atoms with Gasteiger partial charge in [-0.3, -0.25) is 9.80 Å². The lowest BCUT2D eigenvalue weighted by Gasteiger charge is -2.53. The van der Waals surface area contributed by atoms with Crippen LogP contribution in [0.5, 0.6) is 5.75 Å². The zero-order chi connectivity index (χ0) is 21.3. The molecule has 0 radical (unpaired) electrons. The van der Waals surface area contributed by atoms with Crippen LogP contribution in [0.2, 0.25) is 0 Å². The number of phenols is 1. The molecule has 30 heavy (non-hydrogen) atoms. The topological polar surface area (TPSA) is 53.0 Å². The second kappa shape index (κ2) is 8.40. The minimum absolute atomic E-state index is 0.0493. The first-order chi connectivity index (χ1) is 14.4. The lowest BCUT2D eigenvalue weighted by atomic mass is 9.65. The molecule has 4 rings (SSSR count). The van der Waals surface area contributed by atoms with Crippen molar-refractivity contribution >= 4 is 5.97 Å². The molecule has 2 aliphatic rings. The average molecular weight is 409 g/mol. The summed E-state index contributed by atoms with van der Waals surface area (Å²) in [5, 5.41) is 10.0. The maximum absolute atomic E-state index is 11.8. The van der Waals surface area contributed by atoms with Crippen LogP contribution in [0.3, 0.4) is 0 Å². The molecule has 0 amide bonds. The number of carbonyl (C=O) groups is 1. The molecule has 2 aromatic rings. The summed E-state index contributed by atoms with van der Waals surface area (Å²) in [6, 6.07) is 16.0. The van der Waals surface area contributed by atoms with Crippen LogP contribution in [-0.4, -0.2) is 60.2 Å². The molecule has 3 atom stereocenters. The number of piperazine rings is 1. The Morgan fingerprint density at radius 1 is 1.17 bits per heavy atom. The van der Waals surface area contributed by atoms with Crippen molar-refractivity contribution in [2.45, 2.75) is 38.3 Å². The van der Waals surface area contributed by atoms with Gasteiger partial charge in [0.15, 0.2) is 0 Å². The van der Waals surface area contributed by atoms with Gasteiger partial charge in [0.05, 0.1) is 12.7 Å². The number of ether oxygens (including phenoxy) is 1. The summed E-state index contributed by atoms with van der Waals surface area (Å²) >= 11 is 0. The van der Waals surface area contributed by atoms with Gasteiger partial charge < -0.3 is 9.84 Å². The van der Waals surface area contributed by atoms with Gasteiger partial charge in [-0.2, -0.15) is 0 Å². The first-order valence-electron chi connectivity index (χ1n) is 10.8. The number of hydrogen-bond acceptors (Lipinski definition) is 5. The Hall–Kier alpha value is -2.37. The maximum Gasteiger partial charge on any atom is 0.337 e. The highest BCUT2D eigenvalue weighted by Gasteiger charge is 2.44. The minimum Gasteiger partial charge on any atom is -0.508 e. The molecule has 5 nitrogen and oxygen atoms in total. The Morgan fingerprint density at radius 2 is 1.97 bits per heavy atom. The average Bonchev–Trinajstić information content (AvgIpc) is 2.74. The number of phenolic OH excluding ortho intramolecular Hbond substituents is 1. The fourth-order valence-electron chi connectivity index (χ4n) is 5.21. The Morgan fingerprint density at radius 3 is 2.73 bits per heavy atom. The molecule has 5 heteroatoms. The molecule has 0 bridgehead atoms. The van der Waals surface area contributed by atoms with Gasteiger partial charge in [0.1, 0.15) is 5.75 Å². The number of benzene rings is 2. The van der Waals surface area contributed by atoms with Crippen molar-refractivity contribution in [3.8, 4) is 5.75 Å². The van der Waals surface area contributed by atoms with E-state index in [9.17, 15) is 9.90 Å². The van der Waals surface area contributed by atoms with Gasteiger partial charge in [-0.15, -0.1) is 0 Å². The molecule has 2 fully saturated rings. The van der Waals surface area contributed by atoms with Crippen molar-refractivity contribution in [2.75, 3.05) is 33.3 Å². The van der Waals surface area contributed by atoms with Crippen molar-refractivity contribution in [3.05, 3.63) is 65.2 Å². The largest absolute Gasteiger partial charge is 0.508 e. The van der Waals surface area contributed by atoms with Crippen LogP contribution >= 0.6 is 0 Å². The van der Waals surface area contributed by atoms with E-state index in [0.717, 1.165) is 44.7 Å². The van der Waals surface area contributed by atoms with Crippen LogP contribution in [0.25, 0.3) is 0 Å². The summed E-state index contributed by atoms with van der Waals surface area (Å²) in [5.74, 6) is 0.586. The van der Waals surface area contributed by atoms with Gasteiger partial charge in [0.25, 0.3) is 0 Å². The number of rotatable bonds is 4. The fourth-order valence-corrected chi connectivity index (χ4v) is 5.21. The zero-order valence-electron chi connectivity index (χ0n) is 18.2. The van der Waals surface area contributed by atoms with Crippen LogP contribution in [0, 0.1) is 5.92 Å². The minimum atomic E-state index is -0.287. The van der Waals surface area contributed by atoms with Crippen molar-refractivity contribution in [1.29, 1.82) is 0 Å². The lowest BCUT2D eigenvalue weighted by molar-refractivity contribution is -0.00558. The van der Waals surface area contributed by atoms with E-state index in [0.29, 0.717) is 23.3 Å². The van der Waals surface area contributed by atoms with Crippen LogP contribution in [0.1, 0.15) is 41.8 Å². The molecule has 2 aliphatic heterocycles. The van der Waals surface area contributed by atoms with Gasteiger partial charge in [-0.25, -0.2) is 4.79 Å². The van der Waals surface area contributed by atoms with Gasteiger partial charge in [-0.05, 0) is 53.1 Å². The van der Waals surface area contributed by atoms with Crippen molar-refractivity contribution < 1.29 is 14.6 Å². The van der Waals surface area contributed by atoms with Gasteiger partial charge in [0, 0.05) is 38.8 Å². The third kappa shape index (κ3) is 4.09. The zero-order valence-corrected chi connectivity index (χ0v) is 18.2. The number of esters is 1. The summed E-state index contributed by atoms with van der Waals surface area (Å²) in [7, 11) is 1.42. The van der Waals surface area contributed by atoms with Gasteiger partial charge in [-0.1, -0.05) is 38.1 Å². The van der Waals surface area contributed by atoms with E-state index in [4.69, 9.17) is 4.74 Å². The second-order valence-electron chi connectivity index (χ2n) is 9.15. The summed E-state index contributed by atoms with van der Waals surface area (Å²) < 4.78 is 4.86. The molecule has 2 heterocycles. The molecule has 160 valence electrons. The monoisotopic (exact) mass is 408 g/mol. The highest BCUT2D eigenvalue weighted by molar-refractivity contribution is 5.89. The third-order valence-electron chi connectivity index (χ3n) is 7.20. The molecule has 0 spiro atoms. The quantitative estimate of drug-likeness (QED) is 0.783. The lowest BCUT2D eigenvalue weighted by Crippen LogP contribution is -2.60. The second-order valence-corrected chi connectivity index (χ2v) is 9.15. The Bertz CT molecular complexity index is 915. The standard InChI is InChI=1S/C25H32N2O3/c1-18-15-27-11-10-26(16-19-6-4-7-20(12-19)24(29)30-3)17-22(27)14-25(18,2)21-8-5-9-23(28)13-21/h4-9,12-13,18,22,28H,10-11,14-17H2,1-3H3/t18?,22?,25-/m1/s1. The number of hydrogen-bond donors (Lipinski definition) is 1. The van der Waals surface area contributed by atoms with E-state index in [1.165, 1.54) is 12.7 Å². The van der Waals surface area contributed by atoms with Crippen LogP contribution in [0.4, 0.5) is 0 Å². The molecule has 0 saturated carbocycles. The molecule has 2 aromatic carbocycles. The molecular formula is C25H32N2O3. The van der Waals surface area contributed by atoms with Crippen molar-refractivity contribution in [2.24, 2.45) is 5.92 Å². The van der Waals surface area contributed by atoms with E-state index in [-0.39, 0.29) is 11.4 Å². The Kier molecular flexibility index (Phi) is 5.85. The Labute approximate surface area is 179 Å². The molecule has 0 aliphatic carbocycles. The molecule has 0 aromatic heterocycles. The van der Waals surface area contributed by atoms with E-state index in [1.54, 1.807) is 12.1 Å². The Balaban J connectivity index is 1.48. The van der Waals surface area contributed by atoms with Crippen LogP contribution in [0.15, 0.2) is 48.5 Å². The van der Waals surface area contributed by atoms with Crippen molar-refractivity contribution in [3.63, 3.8) is 0 Å². The first-order valence-corrected chi connectivity index (χ1v) is 10.8. The van der Waals surface area contributed by atoms with E-state index in [1.807, 2.05) is 24.3 Å². The number of methoxy groups -OCH3 is 1. The maximum atomic E-state index is 11.8. The van der Waals surface area contributed by atoms with E-state index >= 15 is 0 Å². The predicted molar refractivity (Wildman–Crippen MR) is 118 cm³/mol. The SMILES string of the molecule is COC(=O)c1cccc(CN2CCN3CC(C)[C@](C)(c4cccc(O)c4)CC3C2)c1. The number of carbonyl (C=O) groups excluding carboxylic acids is 1. The summed E-state index contributed by atoms with van der Waals surface area (Å²) in [5.41, 5.74) is 3.04. The molecular weight excluding hydrogens is 376 g/mol. The van der Waals surface area contributed by atoms with Crippen molar-refractivity contribution in [1.82, 2.24) is 9.80 Å². The molecule has 2 unspecified atom stereocenters. The predicted octanol–water partition coefficient (Wildman–Crippen LogP) is 3.66.